The number of fused-ring (bicyclic) bond motifs is 1. The number of halogens is 1. The molecule has 17 heavy (non-hydrogen) atoms. The average Bonchev–Trinajstić information content (AvgIpc) is 2.30. The topological polar surface area (TPSA) is 37.4 Å². The predicted molar refractivity (Wildman–Crippen MR) is 72.4 cm³/mol. The van der Waals surface area contributed by atoms with E-state index < -0.39 is 9.05 Å². The molecule has 1 aromatic carbocycles. The molecule has 2 rings (SSSR count). The first-order chi connectivity index (χ1) is 7.98. The molecule has 0 bridgehead atoms. The molecule has 0 N–H and O–H groups in total. The summed E-state index contributed by atoms with van der Waals surface area (Å²) in [6.45, 7) is 4.96. The van der Waals surface area contributed by atoms with E-state index in [1.54, 1.807) is 12.1 Å². The van der Waals surface area contributed by atoms with Crippen LogP contribution in [0, 0.1) is 0 Å². The Morgan fingerprint density at radius 3 is 2.53 bits per heavy atom. The minimum absolute atomic E-state index is 0.177. The van der Waals surface area contributed by atoms with E-state index in [-0.39, 0.29) is 4.90 Å². The molecule has 5 heteroatoms. The monoisotopic (exact) mass is 275 g/mol. The van der Waals surface area contributed by atoms with Crippen molar-refractivity contribution >= 4 is 25.4 Å². The van der Waals surface area contributed by atoms with Crippen molar-refractivity contribution in [3.05, 3.63) is 23.8 Å². The van der Waals surface area contributed by atoms with Crippen molar-refractivity contribution in [2.45, 2.75) is 31.6 Å². The first-order valence-corrected chi connectivity index (χ1v) is 8.08. The summed E-state index contributed by atoms with van der Waals surface area (Å²) in [7, 11) is 3.65. The van der Waals surface area contributed by atoms with Crippen LogP contribution in [0.5, 0.6) is 0 Å². The number of nitrogens with zero attached hydrogens (tertiary/aromatic N) is 1. The molecular weight excluding hydrogens is 258 g/mol. The van der Waals surface area contributed by atoms with Crippen LogP contribution < -0.4 is 4.90 Å². The van der Waals surface area contributed by atoms with E-state index in [1.807, 2.05) is 27.0 Å². The minimum atomic E-state index is -3.61. The van der Waals surface area contributed by atoms with Gasteiger partial charge in [0, 0.05) is 30.0 Å². The van der Waals surface area contributed by atoms with Crippen LogP contribution in [-0.2, 0) is 15.5 Å². The van der Waals surface area contributed by atoms with Crippen molar-refractivity contribution in [3.63, 3.8) is 0 Å². The lowest BCUT2D eigenvalue weighted by Crippen LogP contribution is -2.24. The standard InChI is InChI=1S/C10H12ClNO2S.C2H6/c1-12-6-2-3-8-4-5-9(7-10(8)12)15(11,13)14;1-2/h4-5,7H,2-3,6H2,1H3;1-2H3. The molecule has 0 aliphatic carbocycles. The highest BCUT2D eigenvalue weighted by atomic mass is 35.7. The van der Waals surface area contributed by atoms with Gasteiger partial charge in [-0.15, -0.1) is 0 Å². The smallest absolute Gasteiger partial charge is 0.261 e. The molecule has 0 atom stereocenters. The van der Waals surface area contributed by atoms with E-state index in [4.69, 9.17) is 10.7 Å². The van der Waals surface area contributed by atoms with Crippen molar-refractivity contribution < 1.29 is 8.42 Å². The van der Waals surface area contributed by atoms with Gasteiger partial charge in [-0.3, -0.25) is 0 Å². The first-order valence-electron chi connectivity index (χ1n) is 5.77. The quantitative estimate of drug-likeness (QED) is 0.740. The highest BCUT2D eigenvalue weighted by Gasteiger charge is 2.17. The third-order valence-corrected chi connectivity index (χ3v) is 4.04. The Morgan fingerprint density at radius 1 is 1.29 bits per heavy atom. The van der Waals surface area contributed by atoms with E-state index in [2.05, 4.69) is 4.90 Å². The van der Waals surface area contributed by atoms with E-state index >= 15 is 0 Å². The van der Waals surface area contributed by atoms with Gasteiger partial charge >= 0.3 is 0 Å². The number of rotatable bonds is 1. The van der Waals surface area contributed by atoms with E-state index in [9.17, 15) is 8.42 Å². The maximum Gasteiger partial charge on any atom is 0.261 e. The zero-order chi connectivity index (χ0) is 13.1. The number of anilines is 1. The van der Waals surface area contributed by atoms with Crippen LogP contribution in [0.3, 0.4) is 0 Å². The molecule has 1 aliphatic heterocycles. The van der Waals surface area contributed by atoms with Gasteiger partial charge in [-0.25, -0.2) is 8.42 Å². The summed E-state index contributed by atoms with van der Waals surface area (Å²) in [6, 6.07) is 5.07. The lowest BCUT2D eigenvalue weighted by Gasteiger charge is -2.27. The average molecular weight is 276 g/mol. The Labute approximate surface area is 108 Å². The van der Waals surface area contributed by atoms with Crippen LogP contribution >= 0.6 is 10.7 Å². The van der Waals surface area contributed by atoms with Crippen LogP contribution in [0.2, 0.25) is 0 Å². The highest BCUT2D eigenvalue weighted by Crippen LogP contribution is 2.29. The van der Waals surface area contributed by atoms with Crippen LogP contribution in [0.15, 0.2) is 23.1 Å². The largest absolute Gasteiger partial charge is 0.374 e. The second-order valence-electron chi connectivity index (χ2n) is 3.75. The fourth-order valence-corrected chi connectivity index (χ4v) is 2.66. The molecule has 0 saturated heterocycles. The molecule has 0 spiro atoms. The second-order valence-corrected chi connectivity index (χ2v) is 6.32. The Hall–Kier alpha value is -0.740. The van der Waals surface area contributed by atoms with Crippen LogP contribution in [0.4, 0.5) is 5.69 Å². The van der Waals surface area contributed by atoms with Gasteiger partial charge in [-0.05, 0) is 30.5 Å². The summed E-state index contributed by atoms with van der Waals surface area (Å²) in [5.41, 5.74) is 2.16. The molecule has 96 valence electrons. The Kier molecular flexibility index (Phi) is 4.83. The minimum Gasteiger partial charge on any atom is -0.374 e. The third kappa shape index (κ3) is 3.36. The van der Waals surface area contributed by atoms with Crippen LogP contribution in [-0.4, -0.2) is 22.0 Å². The maximum atomic E-state index is 11.2. The number of benzene rings is 1. The molecular formula is C12H18ClNO2S. The van der Waals surface area contributed by atoms with E-state index in [0.717, 1.165) is 25.1 Å². The summed E-state index contributed by atoms with van der Waals surface area (Å²) in [5.74, 6) is 0. The van der Waals surface area contributed by atoms with Gasteiger partial charge in [-0.1, -0.05) is 19.9 Å². The Bertz CT molecular complexity index is 485. The molecule has 0 radical (unpaired) electrons. The highest BCUT2D eigenvalue weighted by molar-refractivity contribution is 8.13. The zero-order valence-corrected chi connectivity index (χ0v) is 12.0. The molecule has 0 aromatic heterocycles. The fraction of sp³-hybridized carbons (Fsp3) is 0.500. The van der Waals surface area contributed by atoms with Gasteiger partial charge in [0.15, 0.2) is 0 Å². The van der Waals surface area contributed by atoms with Gasteiger partial charge in [0.05, 0.1) is 4.90 Å². The Morgan fingerprint density at radius 2 is 1.94 bits per heavy atom. The summed E-state index contributed by atoms with van der Waals surface area (Å²) in [6.07, 6.45) is 2.11. The SMILES string of the molecule is CC.CN1CCCc2ccc(S(=O)(=O)Cl)cc21. The normalized spacial score (nSPS) is 14.7. The van der Waals surface area contributed by atoms with Crippen LogP contribution in [0.25, 0.3) is 0 Å². The molecule has 1 aliphatic rings. The van der Waals surface area contributed by atoms with Gasteiger partial charge in [-0.2, -0.15) is 0 Å². The maximum absolute atomic E-state index is 11.2. The van der Waals surface area contributed by atoms with E-state index in [0.29, 0.717) is 0 Å². The first kappa shape index (κ1) is 14.3. The molecule has 0 fully saturated rings. The zero-order valence-electron chi connectivity index (χ0n) is 10.4. The number of hydrogen-bond donors (Lipinski definition) is 0. The van der Waals surface area contributed by atoms with Gasteiger partial charge in [0.1, 0.15) is 0 Å². The Balaban J connectivity index is 0.000000686. The number of hydrogen-bond acceptors (Lipinski definition) is 3. The summed E-state index contributed by atoms with van der Waals surface area (Å²) >= 11 is 0. The van der Waals surface area contributed by atoms with Gasteiger partial charge < -0.3 is 4.90 Å². The van der Waals surface area contributed by atoms with Gasteiger partial charge in [0.25, 0.3) is 9.05 Å². The predicted octanol–water partition coefficient (Wildman–Crippen LogP) is 3.02. The van der Waals surface area contributed by atoms with Crippen molar-refractivity contribution in [2.24, 2.45) is 0 Å². The van der Waals surface area contributed by atoms with Crippen LogP contribution in [0.1, 0.15) is 25.8 Å². The summed E-state index contributed by atoms with van der Waals surface area (Å²) in [5, 5.41) is 0. The van der Waals surface area contributed by atoms with E-state index in [1.165, 1.54) is 5.56 Å². The lowest BCUT2D eigenvalue weighted by atomic mass is 10.0. The summed E-state index contributed by atoms with van der Waals surface area (Å²) in [4.78, 5) is 2.24. The van der Waals surface area contributed by atoms with Crippen molar-refractivity contribution in [3.8, 4) is 0 Å². The lowest BCUT2D eigenvalue weighted by molar-refractivity contribution is 0.609. The van der Waals surface area contributed by atoms with Gasteiger partial charge in [0.2, 0.25) is 0 Å². The molecule has 0 saturated carbocycles. The van der Waals surface area contributed by atoms with Crippen molar-refractivity contribution in [2.75, 3.05) is 18.5 Å². The second kappa shape index (κ2) is 5.74. The summed E-state index contributed by atoms with van der Waals surface area (Å²) < 4.78 is 22.3. The molecule has 3 nitrogen and oxygen atoms in total. The molecule has 0 amide bonds. The third-order valence-electron chi connectivity index (χ3n) is 2.69. The molecule has 1 heterocycles. The molecule has 1 aromatic rings. The number of aryl methyl sites for hydroxylation is 1. The van der Waals surface area contributed by atoms with Crippen molar-refractivity contribution in [1.29, 1.82) is 0 Å². The fourth-order valence-electron chi connectivity index (χ4n) is 1.89. The van der Waals surface area contributed by atoms with Crippen molar-refractivity contribution in [1.82, 2.24) is 0 Å². The molecule has 0 unspecified atom stereocenters.